The van der Waals surface area contributed by atoms with Crippen LogP contribution in [0.2, 0.25) is 0 Å². The van der Waals surface area contributed by atoms with Crippen molar-refractivity contribution in [3.05, 3.63) is 65.3 Å². The van der Waals surface area contributed by atoms with Crippen LogP contribution < -0.4 is 0 Å². The molecule has 2 unspecified atom stereocenters. The lowest BCUT2D eigenvalue weighted by atomic mass is 9.75. The van der Waals surface area contributed by atoms with Crippen molar-refractivity contribution in [3.63, 3.8) is 0 Å². The Balaban J connectivity index is 2.54. The average molecular weight is 545 g/mol. The third-order valence-corrected chi connectivity index (χ3v) is 6.75. The third-order valence-electron chi connectivity index (χ3n) is 6.75. The van der Waals surface area contributed by atoms with Gasteiger partial charge < -0.3 is 40.4 Å². The van der Waals surface area contributed by atoms with E-state index in [1.54, 1.807) is 51.2 Å². The van der Waals surface area contributed by atoms with Crippen LogP contribution in [0.3, 0.4) is 0 Å². The van der Waals surface area contributed by atoms with Crippen molar-refractivity contribution in [3.8, 4) is 0 Å². The van der Waals surface area contributed by atoms with Gasteiger partial charge in [0.1, 0.15) is 5.82 Å². The Morgan fingerprint density at radius 1 is 1.15 bits per heavy atom. The maximum absolute atomic E-state index is 14.9. The number of piperazine rings is 1. The monoisotopic (exact) mass is 545 g/mol. The number of carbonyl (C=O) groups is 1. The molecule has 1 aromatic rings. The maximum Gasteiger partial charge on any atom is 0.320 e. The number of carbonyl (C=O) groups excluding carboxylic acids is 1. The first kappa shape index (κ1) is 32.3. The van der Waals surface area contributed by atoms with Crippen LogP contribution in [0, 0.1) is 5.82 Å². The number of amides is 1. The Bertz CT molecular complexity index is 1150. The molecule has 0 bridgehead atoms. The molecule has 10 nitrogen and oxygen atoms in total. The van der Waals surface area contributed by atoms with Gasteiger partial charge in [0.05, 0.1) is 0 Å². The molecule has 2 radical (unpaired) electrons. The number of rotatable bonds is 9. The summed E-state index contributed by atoms with van der Waals surface area (Å²) in [5.74, 6) is -6.27. The van der Waals surface area contributed by atoms with Crippen molar-refractivity contribution in [1.29, 1.82) is 0 Å². The molecule has 0 spiro atoms. The van der Waals surface area contributed by atoms with Gasteiger partial charge >= 0.3 is 5.97 Å². The van der Waals surface area contributed by atoms with Gasteiger partial charge in [0, 0.05) is 54.4 Å². The molecule has 0 saturated carbocycles. The SMILES string of the molecule is [B]C(O)(O)C(O)(C(=O)N1CCN(/C(C)=C(C(=C/C)\c2ccccc2F)/C(C)=N/C=C/CC)CC1C)C(O)(O)O. The summed E-state index contributed by atoms with van der Waals surface area (Å²) in [5, 5.41) is 58.7. The van der Waals surface area contributed by atoms with E-state index in [-0.39, 0.29) is 19.6 Å². The lowest BCUT2D eigenvalue weighted by molar-refractivity contribution is -0.419. The molecule has 1 amide bonds. The molecular formula is C27H37BFN3O7. The molecule has 0 aromatic heterocycles. The van der Waals surface area contributed by atoms with E-state index in [2.05, 4.69) is 4.99 Å². The number of aliphatic imine (C=N–C) groups is 1. The zero-order valence-corrected chi connectivity index (χ0v) is 22.8. The van der Waals surface area contributed by atoms with E-state index in [0.29, 0.717) is 28.1 Å². The summed E-state index contributed by atoms with van der Waals surface area (Å²) in [6.45, 7) is 9.14. The van der Waals surface area contributed by atoms with E-state index in [1.165, 1.54) is 6.07 Å². The van der Waals surface area contributed by atoms with Crippen LogP contribution in [0.1, 0.15) is 46.6 Å². The first-order valence-corrected chi connectivity index (χ1v) is 12.5. The van der Waals surface area contributed by atoms with Crippen LogP contribution in [0.5, 0.6) is 0 Å². The van der Waals surface area contributed by atoms with Gasteiger partial charge in [-0.3, -0.25) is 9.79 Å². The molecule has 2 rings (SSSR count). The van der Waals surface area contributed by atoms with Gasteiger partial charge in [0.25, 0.3) is 11.5 Å². The lowest BCUT2D eigenvalue weighted by Crippen LogP contribution is -2.76. The van der Waals surface area contributed by atoms with Crippen molar-refractivity contribution in [2.75, 3.05) is 19.6 Å². The standard InChI is InChI=1S/C27H37BFN3O7/c1-6-8-13-30-18(4)23(20(7-2)21-11-9-10-12-22(21)29)19(5)31-14-15-32(17(3)16-31)24(33)25(34,26(28,35)36)27(37,38)39/h7-13,17,34-39H,6,14-16H2,1-5H3/b13-8+,20-7-,23-19-,30-18+. The second-order valence-corrected chi connectivity index (χ2v) is 9.52. The number of hydrogen-bond donors (Lipinski definition) is 6. The van der Waals surface area contributed by atoms with E-state index < -0.39 is 35.0 Å². The van der Waals surface area contributed by atoms with E-state index >= 15 is 0 Å². The van der Waals surface area contributed by atoms with Gasteiger partial charge in [-0.25, -0.2) is 4.39 Å². The van der Waals surface area contributed by atoms with Gasteiger partial charge in [0.15, 0.2) is 13.5 Å². The fourth-order valence-corrected chi connectivity index (χ4v) is 4.58. The van der Waals surface area contributed by atoms with E-state index in [0.717, 1.165) is 11.3 Å². The Hall–Kier alpha value is -2.87. The molecule has 1 fully saturated rings. The number of hydrogen-bond acceptors (Lipinski definition) is 9. The van der Waals surface area contributed by atoms with E-state index in [4.69, 9.17) is 7.85 Å². The van der Waals surface area contributed by atoms with Gasteiger partial charge in [0.2, 0.25) is 0 Å². The Labute approximate surface area is 229 Å². The minimum absolute atomic E-state index is 0.129. The molecule has 39 heavy (non-hydrogen) atoms. The minimum Gasteiger partial charge on any atom is -0.371 e. The van der Waals surface area contributed by atoms with E-state index in [9.17, 15) is 39.8 Å². The molecule has 0 aliphatic carbocycles. The van der Waals surface area contributed by atoms with Gasteiger partial charge in [-0.05, 0) is 45.8 Å². The largest absolute Gasteiger partial charge is 0.371 e. The van der Waals surface area contributed by atoms with Crippen LogP contribution in [0.15, 0.2) is 58.9 Å². The first-order chi connectivity index (χ1) is 18.0. The first-order valence-electron chi connectivity index (χ1n) is 12.5. The summed E-state index contributed by atoms with van der Waals surface area (Å²) in [4.78, 5) is 20.5. The highest BCUT2D eigenvalue weighted by molar-refractivity contribution is 6.17. The molecule has 1 aromatic carbocycles. The Morgan fingerprint density at radius 2 is 1.77 bits per heavy atom. The highest BCUT2D eigenvalue weighted by Crippen LogP contribution is 2.33. The maximum atomic E-state index is 14.9. The smallest absolute Gasteiger partial charge is 0.320 e. The summed E-state index contributed by atoms with van der Waals surface area (Å²) in [7, 11) is 5.03. The molecule has 6 N–H and O–H groups in total. The van der Waals surface area contributed by atoms with Crippen LogP contribution in [0.25, 0.3) is 5.57 Å². The molecule has 1 aliphatic heterocycles. The number of allylic oxidation sites excluding steroid dienone is 5. The molecule has 1 heterocycles. The third kappa shape index (κ3) is 6.65. The fourth-order valence-electron chi connectivity index (χ4n) is 4.58. The summed E-state index contributed by atoms with van der Waals surface area (Å²) >= 11 is 0. The second kappa shape index (κ2) is 12.5. The zero-order valence-electron chi connectivity index (χ0n) is 22.8. The predicted octanol–water partition coefficient (Wildman–Crippen LogP) is 0.589. The fraction of sp³-hybridized carbons (Fsp3) is 0.481. The van der Waals surface area contributed by atoms with Crippen molar-refractivity contribution >= 4 is 25.0 Å². The average Bonchev–Trinajstić information content (AvgIpc) is 2.85. The topological polar surface area (TPSA) is 157 Å². The van der Waals surface area contributed by atoms with Crippen molar-refractivity contribution < 1.29 is 39.8 Å². The lowest BCUT2D eigenvalue weighted by Gasteiger charge is -2.48. The van der Waals surface area contributed by atoms with Crippen LogP contribution >= 0.6 is 0 Å². The molecule has 212 valence electrons. The summed E-state index contributed by atoms with van der Waals surface area (Å²) in [5.41, 5.74) is -4.87. The number of aliphatic hydroxyl groups is 6. The molecule has 2 atom stereocenters. The van der Waals surface area contributed by atoms with Crippen molar-refractivity contribution in [2.45, 2.75) is 64.3 Å². The van der Waals surface area contributed by atoms with Crippen molar-refractivity contribution in [2.24, 2.45) is 4.99 Å². The molecular weight excluding hydrogens is 508 g/mol. The Kier molecular flexibility index (Phi) is 10.4. The minimum atomic E-state index is -4.26. The molecule has 1 saturated heterocycles. The highest BCUT2D eigenvalue weighted by Gasteiger charge is 2.66. The highest BCUT2D eigenvalue weighted by atomic mass is 19.1. The molecule has 12 heteroatoms. The van der Waals surface area contributed by atoms with E-state index in [1.807, 2.05) is 24.8 Å². The second-order valence-electron chi connectivity index (χ2n) is 9.52. The van der Waals surface area contributed by atoms with Crippen LogP contribution in [-0.2, 0) is 4.79 Å². The summed E-state index contributed by atoms with van der Waals surface area (Å²) in [6.07, 6.45) is 6.12. The quantitative estimate of drug-likeness (QED) is 0.114. The normalized spacial score (nSPS) is 20.3. The molecule has 1 aliphatic rings. The summed E-state index contributed by atoms with van der Waals surface area (Å²) in [6, 6.07) is 5.63. The summed E-state index contributed by atoms with van der Waals surface area (Å²) < 4.78 is 14.9. The predicted molar refractivity (Wildman–Crippen MR) is 145 cm³/mol. The van der Waals surface area contributed by atoms with Crippen LogP contribution in [-0.4, -0.2) is 103 Å². The number of benzene rings is 1. The van der Waals surface area contributed by atoms with Crippen LogP contribution in [0.4, 0.5) is 4.39 Å². The van der Waals surface area contributed by atoms with Gasteiger partial charge in [-0.2, -0.15) is 0 Å². The van der Waals surface area contributed by atoms with Gasteiger partial charge in [-0.15, -0.1) is 0 Å². The number of halogens is 1. The Morgan fingerprint density at radius 3 is 2.26 bits per heavy atom. The van der Waals surface area contributed by atoms with Crippen molar-refractivity contribution in [1.82, 2.24) is 9.80 Å². The van der Waals surface area contributed by atoms with Gasteiger partial charge in [-0.1, -0.05) is 37.3 Å². The number of nitrogens with zero attached hydrogens (tertiary/aromatic N) is 3. The zero-order chi connectivity index (χ0) is 29.8.